The summed E-state index contributed by atoms with van der Waals surface area (Å²) in [6, 6.07) is 8.57. The van der Waals surface area contributed by atoms with Crippen LogP contribution in [0.3, 0.4) is 0 Å². The van der Waals surface area contributed by atoms with Crippen LogP contribution in [0.4, 0.5) is 4.79 Å². The maximum Gasteiger partial charge on any atom is 0.318 e. The molecular weight excluding hydrogens is 290 g/mol. The van der Waals surface area contributed by atoms with Crippen LogP contribution in [-0.2, 0) is 11.3 Å². The summed E-state index contributed by atoms with van der Waals surface area (Å²) in [6.45, 7) is 5.86. The standard InChI is InChI=1S/C18H29N3O2/c1-15-6-8-16(9-7-15)13-21(11-12-23-3)18(22)19-17-5-4-10-20(2)14-17/h6-9,17H,4-5,10-14H2,1-3H3,(H,19,22). The monoisotopic (exact) mass is 319 g/mol. The van der Waals surface area contributed by atoms with Crippen molar-refractivity contribution < 1.29 is 9.53 Å². The molecule has 1 aromatic carbocycles. The van der Waals surface area contributed by atoms with Crippen molar-refractivity contribution in [2.24, 2.45) is 0 Å². The highest BCUT2D eigenvalue weighted by molar-refractivity contribution is 5.74. The van der Waals surface area contributed by atoms with Crippen molar-refractivity contribution in [2.45, 2.75) is 32.4 Å². The van der Waals surface area contributed by atoms with E-state index >= 15 is 0 Å². The Morgan fingerprint density at radius 3 is 2.78 bits per heavy atom. The lowest BCUT2D eigenvalue weighted by molar-refractivity contribution is 0.140. The molecule has 2 amide bonds. The molecule has 5 nitrogen and oxygen atoms in total. The van der Waals surface area contributed by atoms with Gasteiger partial charge in [0, 0.05) is 32.8 Å². The Hall–Kier alpha value is -1.59. The van der Waals surface area contributed by atoms with Crippen molar-refractivity contribution in [3.05, 3.63) is 35.4 Å². The Morgan fingerprint density at radius 1 is 1.39 bits per heavy atom. The van der Waals surface area contributed by atoms with Crippen LogP contribution < -0.4 is 5.32 Å². The van der Waals surface area contributed by atoms with Crippen LogP contribution in [0.5, 0.6) is 0 Å². The molecule has 1 aliphatic heterocycles. The number of hydrogen-bond acceptors (Lipinski definition) is 3. The third kappa shape index (κ3) is 5.84. The fourth-order valence-corrected chi connectivity index (χ4v) is 2.92. The third-order valence-electron chi connectivity index (χ3n) is 4.30. The molecule has 1 unspecified atom stereocenters. The number of carbonyl (C=O) groups is 1. The minimum absolute atomic E-state index is 0.00271. The average molecular weight is 319 g/mol. The summed E-state index contributed by atoms with van der Waals surface area (Å²) in [4.78, 5) is 16.7. The summed E-state index contributed by atoms with van der Waals surface area (Å²) < 4.78 is 5.16. The largest absolute Gasteiger partial charge is 0.383 e. The molecule has 1 atom stereocenters. The van der Waals surface area contributed by atoms with Crippen molar-refractivity contribution in [2.75, 3.05) is 40.4 Å². The molecule has 0 spiro atoms. The van der Waals surface area contributed by atoms with E-state index in [9.17, 15) is 4.79 Å². The second kappa shape index (κ2) is 8.89. The molecule has 0 saturated carbocycles. The zero-order valence-electron chi connectivity index (χ0n) is 14.5. The Morgan fingerprint density at radius 2 is 2.13 bits per heavy atom. The van der Waals surface area contributed by atoms with Crippen molar-refractivity contribution >= 4 is 6.03 Å². The molecule has 0 bridgehead atoms. The minimum Gasteiger partial charge on any atom is -0.383 e. The Bertz CT molecular complexity index is 490. The highest BCUT2D eigenvalue weighted by Crippen LogP contribution is 2.11. The molecule has 5 heteroatoms. The number of urea groups is 1. The molecule has 0 aromatic heterocycles. The summed E-state index contributed by atoms with van der Waals surface area (Å²) >= 11 is 0. The van der Waals surface area contributed by atoms with Gasteiger partial charge >= 0.3 is 6.03 Å². The van der Waals surface area contributed by atoms with Gasteiger partial charge in [-0.05, 0) is 38.9 Å². The van der Waals surface area contributed by atoms with E-state index in [1.807, 2.05) is 4.90 Å². The molecule has 128 valence electrons. The maximum atomic E-state index is 12.6. The van der Waals surface area contributed by atoms with E-state index in [-0.39, 0.29) is 12.1 Å². The summed E-state index contributed by atoms with van der Waals surface area (Å²) in [6.07, 6.45) is 2.19. The number of carbonyl (C=O) groups excluding carboxylic acids is 1. The Kier molecular flexibility index (Phi) is 6.86. The minimum atomic E-state index is 0.00271. The highest BCUT2D eigenvalue weighted by Gasteiger charge is 2.22. The summed E-state index contributed by atoms with van der Waals surface area (Å²) in [5, 5.41) is 3.18. The number of likely N-dealkylation sites (N-methyl/N-ethyl adjacent to an activating group) is 1. The first kappa shape index (κ1) is 17.8. The number of nitrogens with one attached hydrogen (secondary N) is 1. The van der Waals surface area contributed by atoms with Crippen molar-refractivity contribution in [1.82, 2.24) is 15.1 Å². The summed E-state index contributed by atoms with van der Waals surface area (Å²) in [5.74, 6) is 0. The number of aryl methyl sites for hydroxylation is 1. The van der Waals surface area contributed by atoms with Crippen LogP contribution in [0.1, 0.15) is 24.0 Å². The SMILES string of the molecule is COCCN(Cc1ccc(C)cc1)C(=O)NC1CCCN(C)C1. The first-order chi connectivity index (χ1) is 11.1. The first-order valence-electron chi connectivity index (χ1n) is 8.37. The van der Waals surface area contributed by atoms with E-state index < -0.39 is 0 Å². The molecule has 1 N–H and O–H groups in total. The molecule has 2 rings (SSSR count). The van der Waals surface area contributed by atoms with Gasteiger partial charge in [-0.15, -0.1) is 0 Å². The van der Waals surface area contributed by atoms with E-state index in [1.54, 1.807) is 7.11 Å². The molecule has 1 heterocycles. The number of amides is 2. The number of rotatable bonds is 6. The smallest absolute Gasteiger partial charge is 0.318 e. The second-order valence-electron chi connectivity index (χ2n) is 6.45. The second-order valence-corrected chi connectivity index (χ2v) is 6.45. The lowest BCUT2D eigenvalue weighted by atomic mass is 10.1. The summed E-state index contributed by atoms with van der Waals surface area (Å²) in [7, 11) is 3.77. The topological polar surface area (TPSA) is 44.8 Å². The Balaban J connectivity index is 1.95. The maximum absolute atomic E-state index is 12.6. The number of likely N-dealkylation sites (tertiary alicyclic amines) is 1. The molecule has 1 aliphatic rings. The first-order valence-corrected chi connectivity index (χ1v) is 8.37. The van der Waals surface area contributed by atoms with Crippen LogP contribution in [0.15, 0.2) is 24.3 Å². The van der Waals surface area contributed by atoms with E-state index in [4.69, 9.17) is 4.74 Å². The van der Waals surface area contributed by atoms with Crippen LogP contribution in [0.25, 0.3) is 0 Å². The van der Waals surface area contributed by atoms with Crippen LogP contribution in [0, 0.1) is 6.92 Å². The lowest BCUT2D eigenvalue weighted by Crippen LogP contribution is -2.51. The molecule has 0 radical (unpaired) electrons. The Labute approximate surface area is 139 Å². The fraction of sp³-hybridized carbons (Fsp3) is 0.611. The van der Waals surface area contributed by atoms with Gasteiger partial charge in [0.05, 0.1) is 6.61 Å². The molecule has 1 aromatic rings. The number of hydrogen-bond donors (Lipinski definition) is 1. The number of nitrogens with zero attached hydrogens (tertiary/aromatic N) is 2. The fourth-order valence-electron chi connectivity index (χ4n) is 2.92. The zero-order valence-corrected chi connectivity index (χ0v) is 14.5. The average Bonchev–Trinajstić information content (AvgIpc) is 2.53. The number of ether oxygens (including phenoxy) is 1. The predicted molar refractivity (Wildman–Crippen MR) is 92.5 cm³/mol. The van der Waals surface area contributed by atoms with Gasteiger partial charge in [0.1, 0.15) is 0 Å². The molecule has 23 heavy (non-hydrogen) atoms. The number of methoxy groups -OCH3 is 1. The molecule has 0 aliphatic carbocycles. The van der Waals surface area contributed by atoms with Gasteiger partial charge in [-0.2, -0.15) is 0 Å². The van der Waals surface area contributed by atoms with Gasteiger partial charge in [-0.25, -0.2) is 4.79 Å². The number of piperidine rings is 1. The van der Waals surface area contributed by atoms with Gasteiger partial charge in [-0.1, -0.05) is 29.8 Å². The summed E-state index contributed by atoms with van der Waals surface area (Å²) in [5.41, 5.74) is 2.37. The van der Waals surface area contributed by atoms with Crippen LogP contribution >= 0.6 is 0 Å². The van der Waals surface area contributed by atoms with E-state index in [2.05, 4.69) is 48.5 Å². The highest BCUT2D eigenvalue weighted by atomic mass is 16.5. The van der Waals surface area contributed by atoms with Gasteiger partial charge in [0.15, 0.2) is 0 Å². The van der Waals surface area contributed by atoms with E-state index in [1.165, 1.54) is 5.56 Å². The van der Waals surface area contributed by atoms with Crippen molar-refractivity contribution in [3.8, 4) is 0 Å². The van der Waals surface area contributed by atoms with Gasteiger partial charge < -0.3 is 19.9 Å². The number of benzene rings is 1. The van der Waals surface area contributed by atoms with E-state index in [0.717, 1.165) is 31.5 Å². The van der Waals surface area contributed by atoms with Crippen molar-refractivity contribution in [1.29, 1.82) is 0 Å². The third-order valence-corrected chi connectivity index (χ3v) is 4.30. The molecule has 1 fully saturated rings. The molecule has 1 saturated heterocycles. The zero-order chi connectivity index (χ0) is 16.7. The normalized spacial score (nSPS) is 18.7. The lowest BCUT2D eigenvalue weighted by Gasteiger charge is -2.32. The van der Waals surface area contributed by atoms with Crippen LogP contribution in [-0.4, -0.2) is 62.3 Å². The molecular formula is C18H29N3O2. The van der Waals surface area contributed by atoms with Crippen LogP contribution in [0.2, 0.25) is 0 Å². The van der Waals surface area contributed by atoms with Gasteiger partial charge in [0.2, 0.25) is 0 Å². The quantitative estimate of drug-likeness (QED) is 0.875. The predicted octanol–water partition coefficient (Wildman–Crippen LogP) is 2.25. The van der Waals surface area contributed by atoms with Gasteiger partial charge in [-0.3, -0.25) is 0 Å². The van der Waals surface area contributed by atoms with Gasteiger partial charge in [0.25, 0.3) is 0 Å². The van der Waals surface area contributed by atoms with Crippen molar-refractivity contribution in [3.63, 3.8) is 0 Å². The van der Waals surface area contributed by atoms with E-state index in [0.29, 0.717) is 19.7 Å².